The van der Waals surface area contributed by atoms with Gasteiger partial charge in [0.25, 0.3) is 0 Å². The van der Waals surface area contributed by atoms with Crippen molar-refractivity contribution in [3.05, 3.63) is 12.2 Å². The second kappa shape index (κ2) is 9.77. The highest BCUT2D eigenvalue weighted by atomic mass is 32.4. The normalized spacial score (nSPS) is 18.7. The highest BCUT2D eigenvalue weighted by Crippen LogP contribution is 2.14. The number of aliphatic hydroxyl groups is 1. The number of carbonyl (C=O) groups is 3. The van der Waals surface area contributed by atoms with E-state index in [0.717, 1.165) is 19.3 Å². The molecule has 0 radical (unpaired) electrons. The number of hydrogen-bond acceptors (Lipinski definition) is 5. The van der Waals surface area contributed by atoms with Gasteiger partial charge >= 0.3 is 0 Å². The highest BCUT2D eigenvalue weighted by molar-refractivity contribution is 8.03. The van der Waals surface area contributed by atoms with Crippen LogP contribution in [-0.2, 0) is 26.2 Å². The molecule has 1 aliphatic rings. The van der Waals surface area contributed by atoms with Crippen LogP contribution in [0.4, 0.5) is 0 Å². The first-order chi connectivity index (χ1) is 10.5. The van der Waals surface area contributed by atoms with E-state index in [-0.39, 0.29) is 36.2 Å². The Balaban J connectivity index is 2.08. The van der Waals surface area contributed by atoms with Crippen molar-refractivity contribution in [2.24, 2.45) is 5.92 Å². The Hall–Kier alpha value is -1.17. The molecule has 0 aromatic heterocycles. The third kappa shape index (κ3) is 6.30. The Labute approximate surface area is 136 Å². The minimum atomic E-state index is -0.928. The lowest BCUT2D eigenvalue weighted by atomic mass is 10.1. The lowest BCUT2D eigenvalue weighted by Gasteiger charge is -2.19. The second-order valence-corrected chi connectivity index (χ2v) is 6.40. The predicted molar refractivity (Wildman–Crippen MR) is 86.8 cm³/mol. The van der Waals surface area contributed by atoms with Gasteiger partial charge in [-0.15, -0.1) is 0 Å². The van der Waals surface area contributed by atoms with Gasteiger partial charge in [0.1, 0.15) is 6.23 Å². The van der Waals surface area contributed by atoms with Crippen LogP contribution in [0, 0.1) is 5.92 Å². The van der Waals surface area contributed by atoms with Crippen LogP contribution in [0.1, 0.15) is 32.6 Å². The molecule has 0 aromatic rings. The Morgan fingerprint density at radius 2 is 2.23 bits per heavy atom. The fraction of sp³-hybridized carbons (Fsp3) is 0.643. The topological polar surface area (TPSA) is 86.7 Å². The van der Waals surface area contributed by atoms with Crippen LogP contribution in [0.25, 0.3) is 0 Å². The molecule has 2 amide bonds. The average molecular weight is 344 g/mol. The Morgan fingerprint density at radius 1 is 1.50 bits per heavy atom. The molecule has 0 saturated heterocycles. The summed E-state index contributed by atoms with van der Waals surface area (Å²) >= 11 is 4.69. The van der Waals surface area contributed by atoms with Crippen molar-refractivity contribution < 1.29 is 19.5 Å². The van der Waals surface area contributed by atoms with Crippen molar-refractivity contribution in [1.29, 1.82) is 0 Å². The van der Waals surface area contributed by atoms with E-state index in [0.29, 0.717) is 13.9 Å². The zero-order valence-corrected chi connectivity index (χ0v) is 14.2. The summed E-state index contributed by atoms with van der Waals surface area (Å²) in [5.74, 6) is -0.454. The van der Waals surface area contributed by atoms with Gasteiger partial charge in [0, 0.05) is 31.5 Å². The van der Waals surface area contributed by atoms with Gasteiger partial charge in [0.15, 0.2) is 5.52 Å². The van der Waals surface area contributed by atoms with E-state index in [1.807, 2.05) is 6.92 Å². The Kier molecular flexibility index (Phi) is 8.38. The molecule has 1 rings (SSSR count). The number of carbonyl (C=O) groups excluding carboxylic acids is 3. The lowest BCUT2D eigenvalue weighted by Crippen LogP contribution is -2.37. The number of aliphatic hydroxyl groups excluding tert-OH is 1. The minimum Gasteiger partial charge on any atom is -0.370 e. The van der Waals surface area contributed by atoms with Gasteiger partial charge in [-0.3, -0.25) is 14.4 Å². The molecule has 0 saturated carbocycles. The van der Waals surface area contributed by atoms with Gasteiger partial charge in [-0.2, -0.15) is 0 Å². The molecule has 2 atom stereocenters. The van der Waals surface area contributed by atoms with Gasteiger partial charge in [0.2, 0.25) is 11.8 Å². The zero-order chi connectivity index (χ0) is 16.5. The average Bonchev–Trinajstić information content (AvgIpc) is 2.82. The summed E-state index contributed by atoms with van der Waals surface area (Å²) in [4.78, 5) is 35.5. The molecule has 22 heavy (non-hydrogen) atoms. The van der Waals surface area contributed by atoms with Crippen LogP contribution in [0.2, 0.25) is 0 Å². The first-order valence-electron chi connectivity index (χ1n) is 7.26. The van der Waals surface area contributed by atoms with Gasteiger partial charge in [-0.1, -0.05) is 13.3 Å². The number of hydrogen-bond donors (Lipinski definition) is 2. The van der Waals surface area contributed by atoms with E-state index >= 15 is 0 Å². The number of rotatable bonds is 10. The summed E-state index contributed by atoms with van der Waals surface area (Å²) in [6.45, 7) is 2.61. The van der Waals surface area contributed by atoms with Crippen molar-refractivity contribution in [3.63, 3.8) is 0 Å². The standard InChI is InChI=1S/C14H21N2O4PS/c1-10(14(20)21-22)4-2-3-8-15-11(17)7-9-16-12(18)5-6-13(16)19/h5-6,10,12,18H,2-4,7-9H2,1H3,(H,15,17). The van der Waals surface area contributed by atoms with Crippen molar-refractivity contribution in [1.82, 2.24) is 10.2 Å². The molecule has 1 heterocycles. The molecule has 0 aliphatic carbocycles. The highest BCUT2D eigenvalue weighted by Gasteiger charge is 2.23. The molecule has 2 unspecified atom stereocenters. The summed E-state index contributed by atoms with van der Waals surface area (Å²) in [7, 11) is 0.386. The van der Waals surface area contributed by atoms with Crippen LogP contribution >= 0.6 is 7.36 Å². The molecule has 1 aliphatic heterocycles. The fourth-order valence-corrected chi connectivity index (χ4v) is 2.92. The first kappa shape index (κ1) is 18.9. The Morgan fingerprint density at radius 3 is 2.82 bits per heavy atom. The van der Waals surface area contributed by atoms with Crippen LogP contribution in [0.15, 0.2) is 12.2 Å². The molecule has 122 valence electrons. The molecule has 0 aromatic carbocycles. The second-order valence-electron chi connectivity index (χ2n) is 5.23. The molecule has 0 bridgehead atoms. The van der Waals surface area contributed by atoms with Crippen LogP contribution in [-0.4, -0.2) is 46.7 Å². The maximum absolute atomic E-state index is 11.6. The summed E-state index contributed by atoms with van der Waals surface area (Å²) in [6, 6.07) is 0. The summed E-state index contributed by atoms with van der Waals surface area (Å²) < 4.78 is 0. The molecule has 6 nitrogen and oxygen atoms in total. The zero-order valence-electron chi connectivity index (χ0n) is 12.5. The molecule has 2 N–H and O–H groups in total. The third-order valence-electron chi connectivity index (χ3n) is 3.49. The number of unbranched alkanes of at least 4 members (excludes halogenated alkanes) is 1. The SMILES string of the molecule is CC(CCCCNC(=O)CCN1C(=O)C=CC1O)C(=O)P=S. The van der Waals surface area contributed by atoms with E-state index in [9.17, 15) is 19.5 Å². The largest absolute Gasteiger partial charge is 0.370 e. The molecule has 8 heteroatoms. The number of nitrogens with zero attached hydrogens (tertiary/aromatic N) is 1. The van der Waals surface area contributed by atoms with E-state index in [4.69, 9.17) is 11.8 Å². The summed E-state index contributed by atoms with van der Waals surface area (Å²) in [5.41, 5.74) is 0.0708. The monoisotopic (exact) mass is 344 g/mol. The molecular formula is C14H21N2O4PS. The van der Waals surface area contributed by atoms with Gasteiger partial charge in [-0.05, 0) is 30.7 Å². The maximum Gasteiger partial charge on any atom is 0.248 e. The van der Waals surface area contributed by atoms with Gasteiger partial charge < -0.3 is 15.3 Å². The van der Waals surface area contributed by atoms with E-state index in [2.05, 4.69) is 5.32 Å². The third-order valence-corrected chi connectivity index (χ3v) is 4.65. The van der Waals surface area contributed by atoms with Crippen LogP contribution < -0.4 is 5.32 Å². The smallest absolute Gasteiger partial charge is 0.248 e. The number of amides is 2. The maximum atomic E-state index is 11.6. The summed E-state index contributed by atoms with van der Waals surface area (Å²) in [6.07, 6.45) is 4.35. The fourth-order valence-electron chi connectivity index (χ4n) is 2.07. The molecule has 0 fully saturated rings. The van der Waals surface area contributed by atoms with Crippen LogP contribution in [0.3, 0.4) is 0 Å². The van der Waals surface area contributed by atoms with Gasteiger partial charge in [0.05, 0.1) is 7.36 Å². The lowest BCUT2D eigenvalue weighted by molar-refractivity contribution is -0.131. The van der Waals surface area contributed by atoms with Crippen molar-refractivity contribution in [2.75, 3.05) is 13.1 Å². The van der Waals surface area contributed by atoms with Crippen molar-refractivity contribution in [2.45, 2.75) is 38.8 Å². The predicted octanol–water partition coefficient (Wildman–Crippen LogP) is 0.951. The van der Waals surface area contributed by atoms with Crippen LogP contribution in [0.5, 0.6) is 0 Å². The van der Waals surface area contributed by atoms with Gasteiger partial charge in [-0.25, -0.2) is 0 Å². The van der Waals surface area contributed by atoms with Crippen molar-refractivity contribution in [3.8, 4) is 0 Å². The van der Waals surface area contributed by atoms with E-state index < -0.39 is 6.23 Å². The molecular weight excluding hydrogens is 323 g/mol. The first-order valence-corrected chi connectivity index (χ1v) is 9.17. The van der Waals surface area contributed by atoms with Crippen molar-refractivity contribution >= 4 is 36.5 Å². The number of nitrogens with one attached hydrogen (secondary N) is 1. The van der Waals surface area contributed by atoms with E-state index in [1.54, 1.807) is 0 Å². The van der Waals surface area contributed by atoms with E-state index in [1.165, 1.54) is 17.1 Å². The quantitative estimate of drug-likeness (QED) is 0.455. The molecule has 0 spiro atoms. The Bertz CT molecular complexity index is 470. The summed E-state index contributed by atoms with van der Waals surface area (Å²) in [5, 5.41) is 12.3. The minimum absolute atomic E-state index is 0.0231.